The fraction of sp³-hybridized carbons (Fsp3) is 0.211. The Labute approximate surface area is 165 Å². The van der Waals surface area contributed by atoms with Crippen molar-refractivity contribution in [2.75, 3.05) is 13.7 Å². The Morgan fingerprint density at radius 3 is 2.73 bits per heavy atom. The van der Waals surface area contributed by atoms with Crippen LogP contribution < -0.4 is 4.74 Å². The number of carbonyl (C=O) groups is 1. The van der Waals surface area contributed by atoms with E-state index in [-0.39, 0.29) is 19.1 Å². The average Bonchev–Trinajstić information content (AvgIpc) is 3.09. The molecule has 0 atom stereocenters. The summed E-state index contributed by atoms with van der Waals surface area (Å²) in [7, 11) is 1.68. The number of likely N-dealkylation sites (N-methyl/N-ethyl adjacent to an activating group) is 1. The second-order valence-corrected chi connectivity index (χ2v) is 7.12. The van der Waals surface area contributed by atoms with Gasteiger partial charge in [-0.3, -0.25) is 4.79 Å². The quantitative estimate of drug-likeness (QED) is 0.522. The maximum Gasteiger partial charge on any atom is 0.260 e. The second kappa shape index (κ2) is 8.31. The van der Waals surface area contributed by atoms with Gasteiger partial charge in [0, 0.05) is 16.2 Å². The second-order valence-electron chi connectivity index (χ2n) is 5.87. The Hall–Kier alpha value is -2.42. The number of ether oxygens (including phenoxy) is 1. The van der Waals surface area contributed by atoms with Crippen LogP contribution in [0, 0.1) is 10.5 Å². The number of nitrogens with zero attached hydrogens (tertiary/aromatic N) is 3. The van der Waals surface area contributed by atoms with Crippen molar-refractivity contribution < 1.29 is 14.1 Å². The van der Waals surface area contributed by atoms with Crippen molar-refractivity contribution in [3.63, 3.8) is 0 Å². The van der Waals surface area contributed by atoms with Crippen molar-refractivity contribution >= 4 is 28.5 Å². The van der Waals surface area contributed by atoms with E-state index in [1.165, 1.54) is 4.90 Å². The van der Waals surface area contributed by atoms with Crippen LogP contribution in [0.25, 0.3) is 11.4 Å². The lowest BCUT2D eigenvalue weighted by atomic mass is 10.1. The highest BCUT2D eigenvalue weighted by Gasteiger charge is 2.15. The molecule has 0 saturated heterocycles. The van der Waals surface area contributed by atoms with Crippen molar-refractivity contribution in [2.24, 2.45) is 0 Å². The van der Waals surface area contributed by atoms with Crippen LogP contribution in [-0.4, -0.2) is 34.6 Å². The summed E-state index contributed by atoms with van der Waals surface area (Å²) in [5.74, 6) is 1.39. The molecule has 0 N–H and O–H groups in total. The lowest BCUT2D eigenvalue weighted by Gasteiger charge is -2.15. The SMILES string of the molecule is Cc1cccc(-c2noc(CN(C)C(=O)COc3ccc(I)cc3)n2)c1. The number of aromatic nitrogens is 2. The van der Waals surface area contributed by atoms with Crippen LogP contribution >= 0.6 is 22.6 Å². The monoisotopic (exact) mass is 463 g/mol. The standard InChI is InChI=1S/C19H18IN3O3/c1-13-4-3-5-14(10-13)19-21-17(26-22-19)11-23(2)18(24)12-25-16-8-6-15(20)7-9-16/h3-10H,11-12H2,1-2H3. The van der Waals surface area contributed by atoms with Gasteiger partial charge in [0.15, 0.2) is 6.61 Å². The van der Waals surface area contributed by atoms with Crippen molar-refractivity contribution in [1.82, 2.24) is 15.0 Å². The first kappa shape index (κ1) is 18.4. The fourth-order valence-electron chi connectivity index (χ4n) is 2.30. The van der Waals surface area contributed by atoms with Gasteiger partial charge in [0.25, 0.3) is 5.91 Å². The van der Waals surface area contributed by atoms with E-state index in [4.69, 9.17) is 9.26 Å². The Bertz CT molecular complexity index is 893. The van der Waals surface area contributed by atoms with Gasteiger partial charge < -0.3 is 14.2 Å². The number of halogens is 1. The van der Waals surface area contributed by atoms with Gasteiger partial charge in [-0.1, -0.05) is 28.9 Å². The zero-order valence-corrected chi connectivity index (χ0v) is 16.6. The van der Waals surface area contributed by atoms with E-state index in [1.54, 1.807) is 7.05 Å². The van der Waals surface area contributed by atoms with Crippen molar-refractivity contribution in [3.8, 4) is 17.1 Å². The van der Waals surface area contributed by atoms with E-state index in [9.17, 15) is 4.79 Å². The number of aryl methyl sites for hydroxylation is 1. The highest BCUT2D eigenvalue weighted by Crippen LogP contribution is 2.17. The molecular formula is C19H18IN3O3. The van der Waals surface area contributed by atoms with E-state index in [0.717, 1.165) is 14.7 Å². The maximum atomic E-state index is 12.2. The highest BCUT2D eigenvalue weighted by atomic mass is 127. The zero-order valence-electron chi connectivity index (χ0n) is 14.5. The summed E-state index contributed by atoms with van der Waals surface area (Å²) in [4.78, 5) is 18.1. The summed E-state index contributed by atoms with van der Waals surface area (Å²) in [5.41, 5.74) is 2.00. The van der Waals surface area contributed by atoms with Crippen LogP contribution in [0.3, 0.4) is 0 Å². The number of amides is 1. The summed E-state index contributed by atoms with van der Waals surface area (Å²) >= 11 is 2.22. The summed E-state index contributed by atoms with van der Waals surface area (Å²) < 4.78 is 11.9. The lowest BCUT2D eigenvalue weighted by molar-refractivity contribution is -0.132. The fourth-order valence-corrected chi connectivity index (χ4v) is 2.66. The molecule has 134 valence electrons. The normalized spacial score (nSPS) is 10.6. The van der Waals surface area contributed by atoms with E-state index in [0.29, 0.717) is 17.5 Å². The summed E-state index contributed by atoms with van der Waals surface area (Å²) in [6.07, 6.45) is 0. The van der Waals surface area contributed by atoms with Crippen molar-refractivity contribution in [1.29, 1.82) is 0 Å². The molecule has 0 bridgehead atoms. The van der Waals surface area contributed by atoms with Crippen LogP contribution in [0.1, 0.15) is 11.5 Å². The molecule has 7 heteroatoms. The van der Waals surface area contributed by atoms with E-state index in [2.05, 4.69) is 32.7 Å². The molecule has 0 aliphatic rings. The Kier molecular flexibility index (Phi) is 5.87. The van der Waals surface area contributed by atoms with Gasteiger partial charge in [-0.05, 0) is 59.8 Å². The van der Waals surface area contributed by atoms with Gasteiger partial charge in [-0.25, -0.2) is 0 Å². The molecule has 2 aromatic carbocycles. The Morgan fingerprint density at radius 1 is 1.23 bits per heavy atom. The van der Waals surface area contributed by atoms with Crippen molar-refractivity contribution in [2.45, 2.75) is 13.5 Å². The lowest BCUT2D eigenvalue weighted by Crippen LogP contribution is -2.31. The molecule has 1 amide bonds. The molecular weight excluding hydrogens is 445 g/mol. The van der Waals surface area contributed by atoms with Crippen LogP contribution in [0.15, 0.2) is 53.1 Å². The van der Waals surface area contributed by atoms with Crippen LogP contribution in [0.2, 0.25) is 0 Å². The Balaban J connectivity index is 1.56. The molecule has 3 rings (SSSR count). The molecule has 26 heavy (non-hydrogen) atoms. The number of benzene rings is 2. The van der Waals surface area contributed by atoms with Crippen LogP contribution in [0.4, 0.5) is 0 Å². The molecule has 0 radical (unpaired) electrons. The first-order valence-electron chi connectivity index (χ1n) is 8.03. The van der Waals surface area contributed by atoms with Gasteiger partial charge in [0.1, 0.15) is 5.75 Å². The molecule has 0 spiro atoms. The van der Waals surface area contributed by atoms with Crippen LogP contribution in [0.5, 0.6) is 5.75 Å². The topological polar surface area (TPSA) is 68.5 Å². The van der Waals surface area contributed by atoms with Gasteiger partial charge in [0.05, 0.1) is 6.54 Å². The predicted molar refractivity (Wildman–Crippen MR) is 106 cm³/mol. The molecule has 0 aliphatic carbocycles. The third-order valence-corrected chi connectivity index (χ3v) is 4.44. The number of hydrogen-bond donors (Lipinski definition) is 0. The number of rotatable bonds is 6. The third-order valence-electron chi connectivity index (χ3n) is 3.72. The highest BCUT2D eigenvalue weighted by molar-refractivity contribution is 14.1. The molecule has 1 aromatic heterocycles. The maximum absolute atomic E-state index is 12.2. The minimum absolute atomic E-state index is 0.0457. The number of carbonyl (C=O) groups excluding carboxylic acids is 1. The summed E-state index contributed by atoms with van der Waals surface area (Å²) in [6, 6.07) is 15.4. The van der Waals surface area contributed by atoms with Gasteiger partial charge in [-0.2, -0.15) is 4.98 Å². The van der Waals surface area contributed by atoms with Crippen LogP contribution in [-0.2, 0) is 11.3 Å². The molecule has 3 aromatic rings. The van der Waals surface area contributed by atoms with Gasteiger partial charge >= 0.3 is 0 Å². The van der Waals surface area contributed by atoms with Gasteiger partial charge in [0.2, 0.25) is 11.7 Å². The molecule has 1 heterocycles. The summed E-state index contributed by atoms with van der Waals surface area (Å²) in [6.45, 7) is 2.19. The van der Waals surface area contributed by atoms with E-state index < -0.39 is 0 Å². The molecule has 0 unspecified atom stereocenters. The summed E-state index contributed by atoms with van der Waals surface area (Å²) in [5, 5.41) is 3.99. The zero-order chi connectivity index (χ0) is 18.5. The predicted octanol–water partition coefficient (Wildman–Crippen LogP) is 3.69. The van der Waals surface area contributed by atoms with E-state index in [1.807, 2.05) is 55.5 Å². The van der Waals surface area contributed by atoms with E-state index >= 15 is 0 Å². The smallest absolute Gasteiger partial charge is 0.260 e. The Morgan fingerprint density at radius 2 is 2.00 bits per heavy atom. The molecule has 0 aliphatic heterocycles. The first-order valence-corrected chi connectivity index (χ1v) is 9.11. The molecule has 0 fully saturated rings. The molecule has 0 saturated carbocycles. The minimum atomic E-state index is -0.168. The average molecular weight is 463 g/mol. The first-order chi connectivity index (χ1) is 12.5. The largest absolute Gasteiger partial charge is 0.484 e. The minimum Gasteiger partial charge on any atom is -0.484 e. The molecule has 6 nitrogen and oxygen atoms in total. The van der Waals surface area contributed by atoms with Crippen molar-refractivity contribution in [3.05, 3.63) is 63.6 Å². The van der Waals surface area contributed by atoms with Gasteiger partial charge in [-0.15, -0.1) is 0 Å². The number of hydrogen-bond acceptors (Lipinski definition) is 5. The third kappa shape index (κ3) is 4.81.